The van der Waals surface area contributed by atoms with Gasteiger partial charge in [0.1, 0.15) is 0 Å². The van der Waals surface area contributed by atoms with Gasteiger partial charge in [-0.3, -0.25) is 4.94 Å². The van der Waals surface area contributed by atoms with E-state index >= 15 is 0 Å². The molecule has 0 atom stereocenters. The van der Waals surface area contributed by atoms with Crippen LogP contribution in [0.4, 0.5) is 4.53 Å². The third-order valence-corrected chi connectivity index (χ3v) is 1.63. The quantitative estimate of drug-likeness (QED) is 0.552. The van der Waals surface area contributed by atoms with Crippen LogP contribution >= 0.6 is 0 Å². The molecule has 10 heavy (non-hydrogen) atoms. The molecule has 1 aliphatic heterocycles. The summed E-state index contributed by atoms with van der Waals surface area (Å²) in [6.07, 6.45) is 1.14. The van der Waals surface area contributed by atoms with Crippen LogP contribution < -0.4 is 0 Å². The van der Waals surface area contributed by atoms with Gasteiger partial charge in [-0.1, -0.05) is 0 Å². The summed E-state index contributed by atoms with van der Waals surface area (Å²) in [6.45, 7) is 1.06. The SMILES string of the molecule is O=C(OF)C1CCOCC1. The van der Waals surface area contributed by atoms with Crippen LogP contribution in [-0.2, 0) is 14.5 Å². The summed E-state index contributed by atoms with van der Waals surface area (Å²) in [4.78, 5) is 13.6. The van der Waals surface area contributed by atoms with Crippen molar-refractivity contribution in [2.24, 2.45) is 5.92 Å². The lowest BCUT2D eigenvalue weighted by Crippen LogP contribution is -2.23. The molecule has 0 aromatic rings. The van der Waals surface area contributed by atoms with E-state index in [-0.39, 0.29) is 5.92 Å². The topological polar surface area (TPSA) is 35.5 Å². The lowest BCUT2D eigenvalue weighted by molar-refractivity contribution is -0.191. The fraction of sp³-hybridized carbons (Fsp3) is 0.833. The van der Waals surface area contributed by atoms with Gasteiger partial charge in [0.25, 0.3) is 0 Å². The Morgan fingerprint density at radius 2 is 2.10 bits per heavy atom. The Labute approximate surface area is 58.0 Å². The average Bonchev–Trinajstić information content (AvgIpc) is 2.05. The molecule has 1 rings (SSSR count). The average molecular weight is 148 g/mol. The molecule has 1 heterocycles. The predicted molar refractivity (Wildman–Crippen MR) is 30.7 cm³/mol. The molecule has 1 fully saturated rings. The van der Waals surface area contributed by atoms with Crippen LogP contribution in [-0.4, -0.2) is 19.2 Å². The summed E-state index contributed by atoms with van der Waals surface area (Å²) >= 11 is 0. The van der Waals surface area contributed by atoms with Crippen LogP contribution in [0.3, 0.4) is 0 Å². The lowest BCUT2D eigenvalue weighted by Gasteiger charge is -2.17. The van der Waals surface area contributed by atoms with Crippen molar-refractivity contribution in [2.45, 2.75) is 12.8 Å². The van der Waals surface area contributed by atoms with Gasteiger partial charge < -0.3 is 4.74 Å². The standard InChI is InChI=1S/C6H9FO3/c7-10-6(8)5-1-3-9-4-2-5/h5H,1-4H2. The monoisotopic (exact) mass is 148 g/mol. The highest BCUT2D eigenvalue weighted by Gasteiger charge is 2.23. The summed E-state index contributed by atoms with van der Waals surface area (Å²) in [7, 11) is 0. The van der Waals surface area contributed by atoms with Gasteiger partial charge in [0, 0.05) is 17.7 Å². The smallest absolute Gasteiger partial charge is 0.352 e. The van der Waals surface area contributed by atoms with Crippen molar-refractivity contribution in [3.8, 4) is 0 Å². The Morgan fingerprint density at radius 1 is 1.50 bits per heavy atom. The number of ether oxygens (including phenoxy) is 1. The number of carbonyl (C=O) groups is 1. The normalized spacial score (nSPS) is 20.5. The molecule has 0 N–H and O–H groups in total. The van der Waals surface area contributed by atoms with Crippen molar-refractivity contribution >= 4 is 5.97 Å². The first kappa shape index (κ1) is 7.47. The van der Waals surface area contributed by atoms with Gasteiger partial charge in [0.05, 0.1) is 5.92 Å². The molecule has 0 spiro atoms. The second kappa shape index (κ2) is 3.51. The van der Waals surface area contributed by atoms with Gasteiger partial charge in [-0.2, -0.15) is 0 Å². The maximum atomic E-state index is 11.3. The molecule has 0 amide bonds. The molecule has 1 saturated heterocycles. The molecule has 0 aromatic carbocycles. The minimum atomic E-state index is -0.761. The summed E-state index contributed by atoms with van der Waals surface area (Å²) < 4.78 is 16.2. The van der Waals surface area contributed by atoms with E-state index in [1.54, 1.807) is 0 Å². The first-order chi connectivity index (χ1) is 4.84. The summed E-state index contributed by atoms with van der Waals surface area (Å²) in [5, 5.41) is 0. The van der Waals surface area contributed by atoms with E-state index in [1.807, 2.05) is 0 Å². The molecule has 4 heteroatoms. The second-order valence-electron chi connectivity index (χ2n) is 2.28. The molecule has 0 saturated carbocycles. The number of rotatable bonds is 1. The Hall–Kier alpha value is -0.640. The highest BCUT2D eigenvalue weighted by atomic mass is 19.3. The fourth-order valence-corrected chi connectivity index (χ4v) is 0.996. The summed E-state index contributed by atoms with van der Waals surface area (Å²) in [6, 6.07) is 0. The van der Waals surface area contributed by atoms with E-state index in [4.69, 9.17) is 4.74 Å². The van der Waals surface area contributed by atoms with Gasteiger partial charge >= 0.3 is 5.97 Å². The molecule has 0 aromatic heterocycles. The third-order valence-electron chi connectivity index (χ3n) is 1.63. The fourth-order valence-electron chi connectivity index (χ4n) is 0.996. The number of halogens is 1. The third kappa shape index (κ3) is 1.67. The second-order valence-corrected chi connectivity index (χ2v) is 2.28. The molecule has 58 valence electrons. The van der Waals surface area contributed by atoms with Crippen molar-refractivity contribution in [1.29, 1.82) is 0 Å². The van der Waals surface area contributed by atoms with Gasteiger partial charge in [-0.25, -0.2) is 4.79 Å². The van der Waals surface area contributed by atoms with E-state index in [2.05, 4.69) is 4.94 Å². The van der Waals surface area contributed by atoms with Crippen molar-refractivity contribution in [2.75, 3.05) is 13.2 Å². The largest absolute Gasteiger partial charge is 0.381 e. The Kier molecular flexibility index (Phi) is 2.62. The van der Waals surface area contributed by atoms with Crippen LogP contribution in [0.1, 0.15) is 12.8 Å². The Bertz CT molecular complexity index is 120. The van der Waals surface area contributed by atoms with Gasteiger partial charge in [0.15, 0.2) is 0 Å². The van der Waals surface area contributed by atoms with E-state index in [0.717, 1.165) is 0 Å². The first-order valence-electron chi connectivity index (χ1n) is 3.25. The maximum Gasteiger partial charge on any atom is 0.352 e. The number of carbonyl (C=O) groups excluding carboxylic acids is 1. The summed E-state index contributed by atoms with van der Waals surface area (Å²) in [5.74, 6) is -1.05. The zero-order chi connectivity index (χ0) is 7.40. The van der Waals surface area contributed by atoms with Gasteiger partial charge in [-0.15, -0.1) is 0 Å². The highest BCUT2D eigenvalue weighted by Crippen LogP contribution is 2.15. The maximum absolute atomic E-state index is 11.3. The van der Waals surface area contributed by atoms with Crippen molar-refractivity contribution in [3.05, 3.63) is 0 Å². The van der Waals surface area contributed by atoms with E-state index in [9.17, 15) is 9.32 Å². The molecular formula is C6H9FO3. The zero-order valence-electron chi connectivity index (χ0n) is 5.51. The minimum Gasteiger partial charge on any atom is -0.381 e. The van der Waals surface area contributed by atoms with E-state index < -0.39 is 5.97 Å². The van der Waals surface area contributed by atoms with Crippen molar-refractivity contribution < 1.29 is 19.0 Å². The van der Waals surface area contributed by atoms with E-state index in [0.29, 0.717) is 26.1 Å². The Balaban J connectivity index is 2.31. The molecule has 3 nitrogen and oxygen atoms in total. The lowest BCUT2D eigenvalue weighted by atomic mass is 10.0. The molecule has 0 aliphatic carbocycles. The summed E-state index contributed by atoms with van der Waals surface area (Å²) in [5.41, 5.74) is 0. The molecule has 0 bridgehead atoms. The molecule has 1 aliphatic rings. The van der Waals surface area contributed by atoms with Gasteiger partial charge in [0.2, 0.25) is 0 Å². The van der Waals surface area contributed by atoms with Crippen LogP contribution in [0.5, 0.6) is 0 Å². The highest BCUT2D eigenvalue weighted by molar-refractivity contribution is 5.71. The van der Waals surface area contributed by atoms with Crippen LogP contribution in [0, 0.1) is 5.92 Å². The van der Waals surface area contributed by atoms with E-state index in [1.165, 1.54) is 0 Å². The van der Waals surface area contributed by atoms with Crippen molar-refractivity contribution in [1.82, 2.24) is 0 Å². The van der Waals surface area contributed by atoms with Crippen LogP contribution in [0.15, 0.2) is 0 Å². The molecule has 0 radical (unpaired) electrons. The molecular weight excluding hydrogens is 139 g/mol. The number of hydrogen-bond donors (Lipinski definition) is 0. The zero-order valence-corrected chi connectivity index (χ0v) is 5.51. The minimum absolute atomic E-state index is 0.293. The van der Waals surface area contributed by atoms with Crippen LogP contribution in [0.2, 0.25) is 0 Å². The van der Waals surface area contributed by atoms with Crippen LogP contribution in [0.25, 0.3) is 0 Å². The van der Waals surface area contributed by atoms with Gasteiger partial charge in [-0.05, 0) is 12.8 Å². The predicted octanol–water partition coefficient (Wildman–Crippen LogP) is 0.841. The van der Waals surface area contributed by atoms with Crippen molar-refractivity contribution in [3.63, 3.8) is 0 Å². The number of hydrogen-bond acceptors (Lipinski definition) is 3. The molecule has 0 unspecified atom stereocenters. The Morgan fingerprint density at radius 3 is 2.60 bits per heavy atom. The first-order valence-corrected chi connectivity index (χ1v) is 3.25.